The Hall–Kier alpha value is -2.57. The highest BCUT2D eigenvalue weighted by molar-refractivity contribution is 9.10. The quantitative estimate of drug-likeness (QED) is 0.247. The number of benzene rings is 3. The van der Waals surface area contributed by atoms with E-state index in [1.165, 1.54) is 11.8 Å². The molecule has 1 heterocycles. The van der Waals surface area contributed by atoms with Crippen molar-refractivity contribution in [2.75, 3.05) is 4.90 Å². The lowest BCUT2D eigenvalue weighted by Crippen LogP contribution is -2.56. The summed E-state index contributed by atoms with van der Waals surface area (Å²) in [6.07, 6.45) is 0. The summed E-state index contributed by atoms with van der Waals surface area (Å²) in [7, 11) is 0. The molecule has 6 heteroatoms. The van der Waals surface area contributed by atoms with Gasteiger partial charge in [0.15, 0.2) is 5.78 Å². The van der Waals surface area contributed by atoms with Gasteiger partial charge in [0.1, 0.15) is 0 Å². The van der Waals surface area contributed by atoms with Crippen molar-refractivity contribution in [3.63, 3.8) is 0 Å². The average Bonchev–Trinajstić information content (AvgIpc) is 3.08. The Labute approximate surface area is 201 Å². The van der Waals surface area contributed by atoms with Crippen LogP contribution >= 0.6 is 31.9 Å². The number of ketones is 1. The van der Waals surface area contributed by atoms with Gasteiger partial charge >= 0.3 is 0 Å². The van der Waals surface area contributed by atoms with Crippen LogP contribution in [0.25, 0.3) is 0 Å². The van der Waals surface area contributed by atoms with Crippen LogP contribution in [-0.4, -0.2) is 17.6 Å². The van der Waals surface area contributed by atoms with Crippen LogP contribution in [0.5, 0.6) is 0 Å². The molecule has 158 valence electrons. The lowest BCUT2D eigenvalue weighted by atomic mass is 9.54. The van der Waals surface area contributed by atoms with Gasteiger partial charge in [-0.05, 0) is 53.4 Å². The molecular weight excluding hydrogens is 534 g/mol. The highest BCUT2D eigenvalue weighted by Crippen LogP contribution is 2.70. The Bertz CT molecular complexity index is 1230. The van der Waals surface area contributed by atoms with Crippen LogP contribution in [0.15, 0.2) is 72.8 Å². The maximum atomic E-state index is 13.9. The van der Waals surface area contributed by atoms with Gasteiger partial charge in [-0.25, -0.2) is 4.90 Å². The third-order valence-electron chi connectivity index (χ3n) is 7.12. The fraction of sp³-hybridized carbons (Fsp3) is 0.192. The van der Waals surface area contributed by atoms with Gasteiger partial charge in [0, 0.05) is 5.56 Å². The first-order chi connectivity index (χ1) is 15.3. The zero-order valence-electron chi connectivity index (χ0n) is 17.0. The van der Waals surface area contributed by atoms with Crippen LogP contribution < -0.4 is 4.90 Å². The number of hydrogen-bond acceptors (Lipinski definition) is 3. The molecule has 2 amide bonds. The van der Waals surface area contributed by atoms with Crippen LogP contribution in [0.4, 0.5) is 5.69 Å². The second-order valence-corrected chi connectivity index (χ2v) is 11.1. The summed E-state index contributed by atoms with van der Waals surface area (Å²) in [6.45, 7) is 1.49. The van der Waals surface area contributed by atoms with E-state index >= 15 is 0 Å². The summed E-state index contributed by atoms with van der Waals surface area (Å²) >= 11 is 7.99. The molecule has 4 aliphatic rings. The number of halogens is 2. The third kappa shape index (κ3) is 2.20. The Morgan fingerprint density at radius 3 is 1.44 bits per heavy atom. The van der Waals surface area contributed by atoms with E-state index in [-0.39, 0.29) is 17.6 Å². The van der Waals surface area contributed by atoms with Gasteiger partial charge in [-0.1, -0.05) is 80.4 Å². The molecule has 0 aromatic heterocycles. The summed E-state index contributed by atoms with van der Waals surface area (Å²) in [5.41, 5.74) is 5.05. The van der Waals surface area contributed by atoms with Crippen molar-refractivity contribution in [1.82, 2.24) is 0 Å². The monoisotopic (exact) mass is 549 g/mol. The van der Waals surface area contributed by atoms with Gasteiger partial charge < -0.3 is 0 Å². The molecule has 0 saturated carbocycles. The van der Waals surface area contributed by atoms with E-state index in [0.717, 1.165) is 22.3 Å². The first-order valence-electron chi connectivity index (χ1n) is 10.4. The number of alkyl halides is 2. The number of nitrogens with zero attached hydrogens (tertiary/aromatic N) is 1. The summed E-state index contributed by atoms with van der Waals surface area (Å²) < 4.78 is -1.61. The molecule has 3 aromatic rings. The summed E-state index contributed by atoms with van der Waals surface area (Å²) in [6, 6.07) is 22.7. The Balaban J connectivity index is 1.60. The minimum absolute atomic E-state index is 0.0629. The summed E-state index contributed by atoms with van der Waals surface area (Å²) in [5, 5.41) is 0. The van der Waals surface area contributed by atoms with Crippen molar-refractivity contribution in [2.45, 2.75) is 15.6 Å². The van der Waals surface area contributed by atoms with E-state index in [9.17, 15) is 14.4 Å². The van der Waals surface area contributed by atoms with Crippen molar-refractivity contribution >= 4 is 55.1 Å². The van der Waals surface area contributed by atoms with Crippen LogP contribution in [0.3, 0.4) is 0 Å². The standard InChI is InChI=1S/C26H17Br2NO3/c1-14(30)15-10-12-16(13-11-15)29-23(31)21-22(24(29)32)26(28)18-7-3-2-6-17(18)25(21,27)19-8-4-5-9-20(19)26/h2-13,21-22H,1H3. The predicted octanol–water partition coefficient (Wildman–Crippen LogP) is 5.30. The first kappa shape index (κ1) is 20.1. The largest absolute Gasteiger partial charge is 0.295 e. The van der Waals surface area contributed by atoms with Gasteiger partial charge in [0.25, 0.3) is 0 Å². The molecule has 1 aliphatic heterocycles. The maximum Gasteiger partial charge on any atom is 0.239 e. The SMILES string of the molecule is CC(=O)c1ccc(N2C(=O)C3C(C2=O)C2(Br)c4ccccc4C3(Br)c3ccccc32)cc1. The molecule has 3 aliphatic carbocycles. The highest BCUT2D eigenvalue weighted by atomic mass is 79.9. The topological polar surface area (TPSA) is 54.5 Å². The molecule has 1 saturated heterocycles. The van der Waals surface area contributed by atoms with Gasteiger partial charge in [0.2, 0.25) is 11.8 Å². The average molecular weight is 551 g/mol. The van der Waals surface area contributed by atoms with E-state index < -0.39 is 20.5 Å². The maximum absolute atomic E-state index is 13.9. The Kier molecular flexibility index (Phi) is 4.07. The van der Waals surface area contributed by atoms with Crippen LogP contribution in [0.2, 0.25) is 0 Å². The Morgan fingerprint density at radius 2 is 1.09 bits per heavy atom. The van der Waals surface area contributed by atoms with E-state index in [0.29, 0.717) is 11.3 Å². The number of imide groups is 1. The summed E-state index contributed by atoms with van der Waals surface area (Å²) in [5.74, 6) is -1.74. The van der Waals surface area contributed by atoms with Crippen molar-refractivity contribution in [1.29, 1.82) is 0 Å². The predicted molar refractivity (Wildman–Crippen MR) is 128 cm³/mol. The molecule has 3 aromatic carbocycles. The number of carbonyl (C=O) groups is 3. The minimum Gasteiger partial charge on any atom is -0.295 e. The fourth-order valence-electron chi connectivity index (χ4n) is 5.77. The molecule has 0 N–H and O–H groups in total. The van der Waals surface area contributed by atoms with Crippen molar-refractivity contribution in [2.24, 2.45) is 11.8 Å². The molecule has 0 radical (unpaired) electrons. The minimum atomic E-state index is -0.804. The van der Waals surface area contributed by atoms with Gasteiger partial charge in [-0.3, -0.25) is 14.4 Å². The van der Waals surface area contributed by atoms with E-state index in [4.69, 9.17) is 0 Å². The number of Topliss-reactive ketones (excluding diaryl/α,β-unsaturated/α-hetero) is 1. The first-order valence-corrected chi connectivity index (χ1v) is 12.0. The van der Waals surface area contributed by atoms with Crippen molar-refractivity contribution < 1.29 is 14.4 Å². The molecule has 0 spiro atoms. The van der Waals surface area contributed by atoms with Crippen LogP contribution in [0.1, 0.15) is 39.5 Å². The van der Waals surface area contributed by atoms with E-state index in [1.807, 2.05) is 48.5 Å². The fourth-order valence-corrected chi connectivity index (χ4v) is 8.07. The lowest BCUT2D eigenvalue weighted by molar-refractivity contribution is -0.122. The molecule has 4 nitrogen and oxygen atoms in total. The third-order valence-corrected chi connectivity index (χ3v) is 9.81. The molecule has 1 fully saturated rings. The zero-order valence-corrected chi connectivity index (χ0v) is 20.2. The number of rotatable bonds is 2. The molecule has 32 heavy (non-hydrogen) atoms. The second-order valence-electron chi connectivity index (χ2n) is 8.58. The van der Waals surface area contributed by atoms with Crippen molar-refractivity contribution in [3.05, 3.63) is 101 Å². The number of carbonyl (C=O) groups excluding carboxylic acids is 3. The van der Waals surface area contributed by atoms with E-state index in [2.05, 4.69) is 31.9 Å². The number of amides is 2. The summed E-state index contributed by atoms with van der Waals surface area (Å²) in [4.78, 5) is 40.8. The van der Waals surface area contributed by atoms with Crippen molar-refractivity contribution in [3.8, 4) is 0 Å². The van der Waals surface area contributed by atoms with Gasteiger partial charge in [0.05, 0.1) is 26.2 Å². The molecule has 2 bridgehead atoms. The Morgan fingerprint density at radius 1 is 0.719 bits per heavy atom. The highest BCUT2D eigenvalue weighted by Gasteiger charge is 2.72. The molecule has 2 unspecified atom stereocenters. The van der Waals surface area contributed by atoms with Gasteiger partial charge in [-0.15, -0.1) is 0 Å². The second kappa shape index (κ2) is 6.49. The molecular formula is C26H17Br2NO3. The van der Waals surface area contributed by atoms with Crippen LogP contribution in [-0.2, 0) is 18.2 Å². The van der Waals surface area contributed by atoms with E-state index in [1.54, 1.807) is 24.3 Å². The molecule has 7 rings (SSSR count). The van der Waals surface area contributed by atoms with Crippen LogP contribution in [0, 0.1) is 11.8 Å². The zero-order chi connectivity index (χ0) is 22.4. The lowest BCUT2D eigenvalue weighted by Gasteiger charge is -2.55. The smallest absolute Gasteiger partial charge is 0.239 e. The number of hydrogen-bond donors (Lipinski definition) is 0. The molecule has 2 atom stereocenters. The normalized spacial score (nSPS) is 29.5. The van der Waals surface area contributed by atoms with Gasteiger partial charge in [-0.2, -0.15) is 0 Å². The number of anilines is 1.